The monoisotopic (exact) mass is 419 g/mol. The summed E-state index contributed by atoms with van der Waals surface area (Å²) in [6.07, 6.45) is -1.06. The number of hydrogen-bond donors (Lipinski definition) is 0. The van der Waals surface area contributed by atoms with E-state index in [0.717, 1.165) is 0 Å². The molecule has 2 rings (SSSR count). The first kappa shape index (κ1) is 22.6. The lowest BCUT2D eigenvalue weighted by molar-refractivity contribution is -0.140. The molecule has 156 valence electrons. The molecule has 0 aromatic heterocycles. The predicted molar refractivity (Wildman–Crippen MR) is 112 cm³/mol. The number of amides is 1. The van der Waals surface area contributed by atoms with E-state index in [2.05, 4.69) is 0 Å². The minimum absolute atomic E-state index is 0.170. The van der Waals surface area contributed by atoms with E-state index in [1.807, 2.05) is 26.8 Å². The summed E-state index contributed by atoms with van der Waals surface area (Å²) in [6, 6.07) is 11.9. The van der Waals surface area contributed by atoms with Crippen molar-refractivity contribution in [3.8, 4) is 11.5 Å². The second kappa shape index (κ2) is 10.7. The minimum Gasteiger partial charge on any atom is -0.493 e. The van der Waals surface area contributed by atoms with E-state index in [4.69, 9.17) is 25.8 Å². The number of halogens is 1. The van der Waals surface area contributed by atoms with Crippen molar-refractivity contribution in [1.29, 1.82) is 0 Å². The molecule has 6 nitrogen and oxygen atoms in total. The van der Waals surface area contributed by atoms with E-state index in [1.54, 1.807) is 29.2 Å². The van der Waals surface area contributed by atoms with Crippen molar-refractivity contribution in [2.24, 2.45) is 0 Å². The Hall–Kier alpha value is -2.73. The molecule has 2 aromatic rings. The number of esters is 1. The zero-order chi connectivity index (χ0) is 21.4. The van der Waals surface area contributed by atoms with Gasteiger partial charge < -0.3 is 19.1 Å². The molecular formula is C22H26ClNO5. The van der Waals surface area contributed by atoms with Crippen molar-refractivity contribution in [2.75, 3.05) is 26.8 Å². The van der Waals surface area contributed by atoms with Gasteiger partial charge >= 0.3 is 5.97 Å². The third kappa shape index (κ3) is 5.41. The van der Waals surface area contributed by atoms with Crippen LogP contribution < -0.4 is 9.47 Å². The van der Waals surface area contributed by atoms with Crippen LogP contribution in [0.1, 0.15) is 42.8 Å². The van der Waals surface area contributed by atoms with Crippen LogP contribution in [0.4, 0.5) is 0 Å². The number of ether oxygens (including phenoxy) is 3. The summed E-state index contributed by atoms with van der Waals surface area (Å²) < 4.78 is 16.4. The molecule has 29 heavy (non-hydrogen) atoms. The highest BCUT2D eigenvalue weighted by Crippen LogP contribution is 2.37. The standard InChI is InChI=1S/C22H26ClNO5/c1-5-24(6-2)21(25)19(15-11-9-8-10-12-15)29-22(26)16-13-17(23)20(28-7-3)18(14-16)27-4/h8-14,19H,5-7H2,1-4H3/t19-/m1/s1. The molecule has 0 heterocycles. The summed E-state index contributed by atoms with van der Waals surface area (Å²) >= 11 is 6.26. The maximum Gasteiger partial charge on any atom is 0.339 e. The highest BCUT2D eigenvalue weighted by molar-refractivity contribution is 6.32. The molecule has 0 spiro atoms. The van der Waals surface area contributed by atoms with E-state index in [9.17, 15) is 9.59 Å². The largest absolute Gasteiger partial charge is 0.493 e. The quantitative estimate of drug-likeness (QED) is 0.559. The molecule has 0 N–H and O–H groups in total. The van der Waals surface area contributed by atoms with E-state index < -0.39 is 12.1 Å². The van der Waals surface area contributed by atoms with Gasteiger partial charge in [0.05, 0.1) is 24.3 Å². The Labute approximate surface area is 176 Å². The summed E-state index contributed by atoms with van der Waals surface area (Å²) in [6.45, 7) is 7.00. The molecule has 0 radical (unpaired) electrons. The van der Waals surface area contributed by atoms with Gasteiger partial charge in [0.1, 0.15) is 0 Å². The molecule has 0 saturated heterocycles. The van der Waals surface area contributed by atoms with Gasteiger partial charge in [-0.1, -0.05) is 41.9 Å². The Morgan fingerprint density at radius 2 is 1.72 bits per heavy atom. The van der Waals surface area contributed by atoms with Crippen LogP contribution in [0.15, 0.2) is 42.5 Å². The Bertz CT molecular complexity index is 837. The molecule has 0 aliphatic rings. The van der Waals surface area contributed by atoms with E-state index in [1.165, 1.54) is 19.2 Å². The fraction of sp³-hybridized carbons (Fsp3) is 0.364. The van der Waals surface area contributed by atoms with Gasteiger partial charge in [-0.25, -0.2) is 4.79 Å². The Morgan fingerprint density at radius 1 is 1.07 bits per heavy atom. The lowest BCUT2D eigenvalue weighted by atomic mass is 10.1. The first-order chi connectivity index (χ1) is 14.0. The van der Waals surface area contributed by atoms with Gasteiger partial charge in [0.2, 0.25) is 6.10 Å². The first-order valence-electron chi connectivity index (χ1n) is 9.51. The zero-order valence-corrected chi connectivity index (χ0v) is 17.9. The summed E-state index contributed by atoms with van der Waals surface area (Å²) in [5, 5.41) is 0.226. The van der Waals surface area contributed by atoms with Crippen LogP contribution in [-0.4, -0.2) is 43.6 Å². The number of rotatable bonds is 9. The molecule has 1 amide bonds. The zero-order valence-electron chi connectivity index (χ0n) is 17.1. The highest BCUT2D eigenvalue weighted by Gasteiger charge is 2.29. The van der Waals surface area contributed by atoms with Crippen LogP contribution >= 0.6 is 11.6 Å². The molecule has 0 fully saturated rings. The molecule has 0 aliphatic heterocycles. The van der Waals surface area contributed by atoms with Crippen molar-refractivity contribution in [1.82, 2.24) is 4.90 Å². The minimum atomic E-state index is -1.06. The van der Waals surface area contributed by atoms with Crippen molar-refractivity contribution in [2.45, 2.75) is 26.9 Å². The topological polar surface area (TPSA) is 65.1 Å². The fourth-order valence-corrected chi connectivity index (χ4v) is 3.15. The molecule has 2 aromatic carbocycles. The number of carbonyl (C=O) groups excluding carboxylic acids is 2. The second-order valence-electron chi connectivity index (χ2n) is 6.13. The Kier molecular flexibility index (Phi) is 8.34. The van der Waals surface area contributed by atoms with Crippen LogP contribution in [0.25, 0.3) is 0 Å². The normalized spacial score (nSPS) is 11.5. The van der Waals surface area contributed by atoms with Gasteiger partial charge in [0.25, 0.3) is 5.91 Å². The predicted octanol–water partition coefficient (Wildman–Crippen LogP) is 4.51. The SMILES string of the molecule is CCOc1c(Cl)cc(C(=O)O[C@@H](C(=O)N(CC)CC)c2ccccc2)cc1OC. The van der Waals surface area contributed by atoms with Crippen molar-refractivity contribution in [3.63, 3.8) is 0 Å². The van der Waals surface area contributed by atoms with E-state index >= 15 is 0 Å². The summed E-state index contributed by atoms with van der Waals surface area (Å²) in [7, 11) is 1.46. The average molecular weight is 420 g/mol. The van der Waals surface area contributed by atoms with Gasteiger partial charge in [0, 0.05) is 18.7 Å². The fourth-order valence-electron chi connectivity index (χ4n) is 2.89. The van der Waals surface area contributed by atoms with Gasteiger partial charge in [-0.05, 0) is 32.9 Å². The molecular weight excluding hydrogens is 394 g/mol. The van der Waals surface area contributed by atoms with Crippen molar-refractivity contribution in [3.05, 3.63) is 58.6 Å². The van der Waals surface area contributed by atoms with Gasteiger partial charge in [-0.15, -0.1) is 0 Å². The molecule has 0 saturated carbocycles. The van der Waals surface area contributed by atoms with E-state index in [0.29, 0.717) is 36.8 Å². The molecule has 0 bridgehead atoms. The van der Waals surface area contributed by atoms with Crippen LogP contribution in [0, 0.1) is 0 Å². The third-order valence-corrected chi connectivity index (χ3v) is 4.66. The number of nitrogens with zero attached hydrogens (tertiary/aromatic N) is 1. The number of benzene rings is 2. The summed E-state index contributed by atoms with van der Waals surface area (Å²) in [4.78, 5) is 27.5. The van der Waals surface area contributed by atoms with Crippen LogP contribution in [0.3, 0.4) is 0 Å². The highest BCUT2D eigenvalue weighted by atomic mass is 35.5. The van der Waals surface area contributed by atoms with Crippen LogP contribution in [0.2, 0.25) is 5.02 Å². The molecule has 0 aliphatic carbocycles. The van der Waals surface area contributed by atoms with Crippen LogP contribution in [0.5, 0.6) is 11.5 Å². The third-order valence-electron chi connectivity index (χ3n) is 4.38. The summed E-state index contributed by atoms with van der Waals surface area (Å²) in [5.41, 5.74) is 0.769. The Morgan fingerprint density at radius 3 is 2.28 bits per heavy atom. The maximum absolute atomic E-state index is 13.0. The number of hydrogen-bond acceptors (Lipinski definition) is 5. The maximum atomic E-state index is 13.0. The van der Waals surface area contributed by atoms with Gasteiger partial charge in [-0.3, -0.25) is 4.79 Å². The van der Waals surface area contributed by atoms with Gasteiger partial charge in [-0.2, -0.15) is 0 Å². The van der Waals surface area contributed by atoms with E-state index in [-0.39, 0.29) is 16.5 Å². The smallest absolute Gasteiger partial charge is 0.339 e. The number of methoxy groups -OCH3 is 1. The number of carbonyl (C=O) groups is 2. The van der Waals surface area contributed by atoms with Gasteiger partial charge in [0.15, 0.2) is 11.5 Å². The first-order valence-corrected chi connectivity index (χ1v) is 9.89. The lowest BCUT2D eigenvalue weighted by Gasteiger charge is -2.25. The van der Waals surface area contributed by atoms with Crippen molar-refractivity contribution >= 4 is 23.5 Å². The second-order valence-corrected chi connectivity index (χ2v) is 6.54. The average Bonchev–Trinajstić information content (AvgIpc) is 2.74. The Balaban J connectivity index is 2.37. The number of likely N-dealkylation sites (N-methyl/N-ethyl adjacent to an activating group) is 1. The lowest BCUT2D eigenvalue weighted by Crippen LogP contribution is -2.36. The molecule has 1 atom stereocenters. The van der Waals surface area contributed by atoms with Crippen LogP contribution in [-0.2, 0) is 9.53 Å². The molecule has 0 unspecified atom stereocenters. The summed E-state index contributed by atoms with van der Waals surface area (Å²) in [5.74, 6) is -0.286. The molecule has 7 heteroatoms. The van der Waals surface area contributed by atoms with Crippen molar-refractivity contribution < 1.29 is 23.8 Å².